The second-order valence-electron chi connectivity index (χ2n) is 9.62. The van der Waals surface area contributed by atoms with Crippen LogP contribution in [0.2, 0.25) is 0 Å². The van der Waals surface area contributed by atoms with E-state index in [1.54, 1.807) is 4.68 Å². The Morgan fingerprint density at radius 3 is 2.79 bits per heavy atom. The molecule has 24 heavy (non-hydrogen) atoms. The monoisotopic (exact) mass is 329 g/mol. The molecule has 2 aliphatic carbocycles. The summed E-state index contributed by atoms with van der Waals surface area (Å²) in [7, 11) is 0. The standard InChI is InChI=1S/C20H31N3O/c1-19(2)10-16-11-20(3,12-19)13-22(16)14-23-18(24)9-15-7-5-4-6-8-17(15)21-23/h9,16H,4-8,10-14H2,1-3H3/t16-,20+/m0/s1. The lowest BCUT2D eigenvalue weighted by Crippen LogP contribution is -2.38. The number of likely N-dealkylation sites (tertiary alicyclic amines) is 1. The zero-order chi connectivity index (χ0) is 16.9. The largest absolute Gasteiger partial charge is 0.281 e. The molecule has 1 aromatic heterocycles. The van der Waals surface area contributed by atoms with Crippen LogP contribution in [0.15, 0.2) is 10.9 Å². The molecule has 4 nitrogen and oxygen atoms in total. The van der Waals surface area contributed by atoms with Gasteiger partial charge in [0.2, 0.25) is 0 Å². The molecule has 0 aromatic carbocycles. The van der Waals surface area contributed by atoms with Crippen molar-refractivity contribution >= 4 is 0 Å². The minimum atomic E-state index is 0.0847. The number of nitrogens with zero attached hydrogens (tertiary/aromatic N) is 3. The molecule has 2 fully saturated rings. The average Bonchev–Trinajstić information content (AvgIpc) is 2.62. The summed E-state index contributed by atoms with van der Waals surface area (Å²) in [6.45, 7) is 8.99. The van der Waals surface area contributed by atoms with Gasteiger partial charge in [-0.2, -0.15) is 5.10 Å². The minimum Gasteiger partial charge on any atom is -0.281 e. The van der Waals surface area contributed by atoms with Gasteiger partial charge in [-0.1, -0.05) is 27.2 Å². The molecule has 2 bridgehead atoms. The Balaban J connectivity index is 1.58. The van der Waals surface area contributed by atoms with E-state index >= 15 is 0 Å². The highest BCUT2D eigenvalue weighted by Gasteiger charge is 2.49. The lowest BCUT2D eigenvalue weighted by atomic mass is 9.65. The van der Waals surface area contributed by atoms with Crippen LogP contribution in [0.1, 0.15) is 70.6 Å². The highest BCUT2D eigenvalue weighted by molar-refractivity contribution is 5.19. The van der Waals surface area contributed by atoms with Crippen molar-refractivity contribution in [3.63, 3.8) is 0 Å². The lowest BCUT2D eigenvalue weighted by molar-refractivity contribution is 0.119. The van der Waals surface area contributed by atoms with Gasteiger partial charge in [0.05, 0.1) is 12.4 Å². The van der Waals surface area contributed by atoms with Gasteiger partial charge >= 0.3 is 0 Å². The first-order valence-electron chi connectivity index (χ1n) is 9.68. The van der Waals surface area contributed by atoms with Crippen molar-refractivity contribution < 1.29 is 0 Å². The fraction of sp³-hybridized carbons (Fsp3) is 0.800. The number of hydrogen-bond donors (Lipinski definition) is 0. The quantitative estimate of drug-likeness (QED) is 0.781. The van der Waals surface area contributed by atoms with Crippen molar-refractivity contribution in [2.75, 3.05) is 6.54 Å². The van der Waals surface area contributed by atoms with Crippen LogP contribution in [0.4, 0.5) is 0 Å². The van der Waals surface area contributed by atoms with Crippen molar-refractivity contribution in [3.8, 4) is 0 Å². The number of aromatic nitrogens is 2. The Kier molecular flexibility index (Phi) is 3.87. The van der Waals surface area contributed by atoms with Crippen molar-refractivity contribution in [3.05, 3.63) is 27.7 Å². The Labute approximate surface area is 145 Å². The Bertz CT molecular complexity index is 693. The number of aryl methyl sites for hydroxylation is 2. The van der Waals surface area contributed by atoms with Crippen LogP contribution in [0, 0.1) is 10.8 Å². The SMILES string of the molecule is CC1(C)C[C@H]2C[C@@](C)(CN2Cn2nc3c(cc2=O)CCCCC3)C1. The second-order valence-corrected chi connectivity index (χ2v) is 9.62. The molecule has 3 aliphatic rings. The first-order chi connectivity index (χ1) is 11.3. The smallest absolute Gasteiger partial charge is 0.268 e. The highest BCUT2D eigenvalue weighted by Crippen LogP contribution is 2.52. The molecule has 0 N–H and O–H groups in total. The average molecular weight is 329 g/mol. The van der Waals surface area contributed by atoms with Crippen LogP contribution in [-0.4, -0.2) is 27.3 Å². The highest BCUT2D eigenvalue weighted by atomic mass is 16.1. The van der Waals surface area contributed by atoms with E-state index in [1.807, 2.05) is 6.07 Å². The summed E-state index contributed by atoms with van der Waals surface area (Å²) >= 11 is 0. The Hall–Kier alpha value is -1.16. The van der Waals surface area contributed by atoms with Crippen molar-refractivity contribution in [2.45, 2.75) is 84.8 Å². The lowest BCUT2D eigenvalue weighted by Gasteiger charge is -2.39. The Morgan fingerprint density at radius 1 is 1.17 bits per heavy atom. The van der Waals surface area contributed by atoms with Gasteiger partial charge in [0.1, 0.15) is 0 Å². The number of fused-ring (bicyclic) bond motifs is 3. The van der Waals surface area contributed by atoms with Gasteiger partial charge < -0.3 is 0 Å². The molecule has 0 unspecified atom stereocenters. The maximum Gasteiger partial charge on any atom is 0.268 e. The molecule has 4 rings (SSSR count). The zero-order valence-corrected chi connectivity index (χ0v) is 15.5. The number of hydrogen-bond acceptors (Lipinski definition) is 3. The third-order valence-corrected chi connectivity index (χ3v) is 6.36. The normalized spacial score (nSPS) is 32.4. The van der Waals surface area contributed by atoms with Crippen molar-refractivity contribution in [1.29, 1.82) is 0 Å². The molecule has 132 valence electrons. The molecule has 1 saturated heterocycles. The molecule has 1 aliphatic heterocycles. The molecule has 0 radical (unpaired) electrons. The first-order valence-corrected chi connectivity index (χ1v) is 9.68. The molecule has 4 heteroatoms. The van der Waals surface area contributed by atoms with Gasteiger partial charge in [-0.25, -0.2) is 4.68 Å². The van der Waals surface area contributed by atoms with E-state index in [0.717, 1.165) is 19.4 Å². The summed E-state index contributed by atoms with van der Waals surface area (Å²) in [4.78, 5) is 15.1. The van der Waals surface area contributed by atoms with Gasteiger partial charge in [0.25, 0.3) is 5.56 Å². The molecule has 2 atom stereocenters. The molecule has 2 heterocycles. The van der Waals surface area contributed by atoms with Crippen LogP contribution < -0.4 is 5.56 Å². The van der Waals surface area contributed by atoms with Crippen molar-refractivity contribution in [1.82, 2.24) is 14.7 Å². The maximum atomic E-state index is 12.6. The van der Waals surface area contributed by atoms with E-state index in [0.29, 0.717) is 23.5 Å². The first kappa shape index (κ1) is 16.3. The third-order valence-electron chi connectivity index (χ3n) is 6.36. The summed E-state index contributed by atoms with van der Waals surface area (Å²) < 4.78 is 1.74. The topological polar surface area (TPSA) is 38.1 Å². The van der Waals surface area contributed by atoms with Crippen LogP contribution in [0.25, 0.3) is 0 Å². The van der Waals surface area contributed by atoms with E-state index in [9.17, 15) is 4.79 Å². The fourth-order valence-electron chi connectivity index (χ4n) is 5.79. The van der Waals surface area contributed by atoms with Crippen LogP contribution in [0.3, 0.4) is 0 Å². The van der Waals surface area contributed by atoms with Gasteiger partial charge in [0.15, 0.2) is 0 Å². The zero-order valence-electron chi connectivity index (χ0n) is 15.5. The van der Waals surface area contributed by atoms with E-state index in [4.69, 9.17) is 5.10 Å². The molecule has 1 saturated carbocycles. The number of rotatable bonds is 2. The summed E-state index contributed by atoms with van der Waals surface area (Å²) in [6.07, 6.45) is 9.52. The van der Waals surface area contributed by atoms with Gasteiger partial charge in [-0.15, -0.1) is 0 Å². The maximum absolute atomic E-state index is 12.6. The summed E-state index contributed by atoms with van der Waals surface area (Å²) in [5.74, 6) is 0. The predicted molar refractivity (Wildman–Crippen MR) is 96.0 cm³/mol. The van der Waals surface area contributed by atoms with E-state index in [1.165, 1.54) is 49.8 Å². The van der Waals surface area contributed by atoms with E-state index in [-0.39, 0.29) is 5.56 Å². The summed E-state index contributed by atoms with van der Waals surface area (Å²) in [5.41, 5.74) is 3.27. The van der Waals surface area contributed by atoms with Gasteiger partial charge in [-0.3, -0.25) is 9.69 Å². The van der Waals surface area contributed by atoms with E-state index in [2.05, 4.69) is 25.7 Å². The van der Waals surface area contributed by atoms with Crippen LogP contribution in [-0.2, 0) is 19.5 Å². The predicted octanol–water partition coefficient (Wildman–Crippen LogP) is 3.37. The molecule has 0 amide bonds. The van der Waals surface area contributed by atoms with Gasteiger partial charge in [-0.05, 0) is 61.3 Å². The fourth-order valence-corrected chi connectivity index (χ4v) is 5.79. The summed E-state index contributed by atoms with van der Waals surface area (Å²) in [5, 5.41) is 4.77. The molecule has 0 spiro atoms. The molecular formula is C20H31N3O. The minimum absolute atomic E-state index is 0.0847. The summed E-state index contributed by atoms with van der Waals surface area (Å²) in [6, 6.07) is 2.47. The molecule has 1 aromatic rings. The van der Waals surface area contributed by atoms with Gasteiger partial charge in [0, 0.05) is 18.7 Å². The van der Waals surface area contributed by atoms with Crippen LogP contribution in [0.5, 0.6) is 0 Å². The van der Waals surface area contributed by atoms with E-state index < -0.39 is 0 Å². The Morgan fingerprint density at radius 2 is 1.96 bits per heavy atom. The van der Waals surface area contributed by atoms with Crippen LogP contribution >= 0.6 is 0 Å². The third kappa shape index (κ3) is 3.05. The van der Waals surface area contributed by atoms with Crippen molar-refractivity contribution in [2.24, 2.45) is 10.8 Å². The molecular weight excluding hydrogens is 298 g/mol. The second kappa shape index (κ2) is 5.69.